The van der Waals surface area contributed by atoms with Gasteiger partial charge in [0.2, 0.25) is 5.75 Å². The van der Waals surface area contributed by atoms with Crippen molar-refractivity contribution in [2.24, 2.45) is 5.92 Å². The molecular weight excluding hydrogens is 497 g/mol. The van der Waals surface area contributed by atoms with E-state index < -0.39 is 35.8 Å². The monoisotopic (exact) mass is 523 g/mol. The number of hydrogen-bond donors (Lipinski definition) is 0. The Balaban J connectivity index is 2.11. The summed E-state index contributed by atoms with van der Waals surface area (Å²) in [6.07, 6.45) is 1.77. The Morgan fingerprint density at radius 3 is 2.46 bits per heavy atom. The fourth-order valence-corrected chi connectivity index (χ4v) is 3.56. The number of carbonyl (C=O) groups excluding carboxylic acids is 3. The smallest absolute Gasteiger partial charge is 0.309 e. The Kier molecular flexibility index (Phi) is 10.5. The fourth-order valence-electron chi connectivity index (χ4n) is 3.10. The Bertz CT molecular complexity index is 1090. The molecule has 0 N–H and O–H groups in total. The average molecular weight is 524 g/mol. The number of rotatable bonds is 12. The predicted octanol–water partition coefficient (Wildman–Crippen LogP) is 5.49. The van der Waals surface area contributed by atoms with Crippen molar-refractivity contribution < 1.29 is 33.3 Å². The van der Waals surface area contributed by atoms with E-state index in [0.29, 0.717) is 22.2 Å². The van der Waals surface area contributed by atoms with Gasteiger partial charge in [-0.15, -0.1) is 6.58 Å². The molecule has 10 heteroatoms. The Morgan fingerprint density at radius 1 is 1.14 bits per heavy atom. The molecular formula is C25H27Cl2NO7. The van der Waals surface area contributed by atoms with E-state index in [2.05, 4.69) is 11.6 Å². The predicted molar refractivity (Wildman–Crippen MR) is 131 cm³/mol. The molecule has 1 heterocycles. The molecule has 3 atom stereocenters. The van der Waals surface area contributed by atoms with Crippen LogP contribution in [0.3, 0.4) is 0 Å². The van der Waals surface area contributed by atoms with Crippen LogP contribution < -0.4 is 14.2 Å². The zero-order chi connectivity index (χ0) is 26.1. The molecule has 0 aliphatic carbocycles. The standard InChI is InChI=1S/C25H27Cl2NO7/c1-6-7-20(15(3)33-21-9-8-17(26)13-18(21)27)35-25(31)14(2)12-19(30)23-24(34-16(4)29)22(32-5)10-11-28-23/h6,8-11,13-15,20H,1,7,12H2,2-5H3/t14-,15+,20-/m1/s1. The second-order valence-electron chi connectivity index (χ2n) is 7.71. The molecule has 8 nitrogen and oxygen atoms in total. The van der Waals surface area contributed by atoms with Gasteiger partial charge in [-0.3, -0.25) is 14.4 Å². The minimum Gasteiger partial charge on any atom is -0.493 e. The normalized spacial score (nSPS) is 13.2. The summed E-state index contributed by atoms with van der Waals surface area (Å²) in [6.45, 7) is 8.18. The lowest BCUT2D eigenvalue weighted by Gasteiger charge is -2.26. The van der Waals surface area contributed by atoms with Gasteiger partial charge >= 0.3 is 11.9 Å². The van der Waals surface area contributed by atoms with Gasteiger partial charge in [0.05, 0.1) is 18.1 Å². The SMILES string of the molecule is C=CC[C@@H](OC(=O)[C@H](C)CC(=O)c1nccc(OC)c1OC(C)=O)[C@H](C)Oc1ccc(Cl)cc1Cl. The van der Waals surface area contributed by atoms with E-state index in [9.17, 15) is 14.4 Å². The number of carbonyl (C=O) groups is 3. The number of methoxy groups -OCH3 is 1. The van der Waals surface area contributed by atoms with E-state index in [1.54, 1.807) is 38.1 Å². The number of esters is 2. The van der Waals surface area contributed by atoms with E-state index >= 15 is 0 Å². The minimum absolute atomic E-state index is 0.0977. The highest BCUT2D eigenvalue weighted by Crippen LogP contribution is 2.32. The zero-order valence-electron chi connectivity index (χ0n) is 19.9. The molecule has 0 saturated heterocycles. The summed E-state index contributed by atoms with van der Waals surface area (Å²) in [6, 6.07) is 6.26. The van der Waals surface area contributed by atoms with Gasteiger partial charge in [-0.25, -0.2) is 4.98 Å². The van der Waals surface area contributed by atoms with Crippen molar-refractivity contribution in [2.75, 3.05) is 7.11 Å². The highest BCUT2D eigenvalue weighted by Gasteiger charge is 2.29. The maximum absolute atomic E-state index is 12.9. The molecule has 0 amide bonds. The molecule has 2 aromatic rings. The molecule has 188 valence electrons. The van der Waals surface area contributed by atoms with Crippen LogP contribution in [0.15, 0.2) is 43.1 Å². The highest BCUT2D eigenvalue weighted by molar-refractivity contribution is 6.35. The topological polar surface area (TPSA) is 101 Å². The first-order chi connectivity index (χ1) is 16.6. The van der Waals surface area contributed by atoms with E-state index in [0.717, 1.165) is 0 Å². The second kappa shape index (κ2) is 13.1. The van der Waals surface area contributed by atoms with Gasteiger partial charge in [0.25, 0.3) is 0 Å². The van der Waals surface area contributed by atoms with Gasteiger partial charge in [0, 0.05) is 37.1 Å². The molecule has 0 fully saturated rings. The highest BCUT2D eigenvalue weighted by atomic mass is 35.5. The first-order valence-corrected chi connectivity index (χ1v) is 11.5. The summed E-state index contributed by atoms with van der Waals surface area (Å²) in [5.41, 5.74) is -0.115. The van der Waals surface area contributed by atoms with Crippen LogP contribution in [0.2, 0.25) is 10.0 Å². The summed E-state index contributed by atoms with van der Waals surface area (Å²) < 4.78 is 21.8. The number of pyridine rings is 1. The third-order valence-electron chi connectivity index (χ3n) is 4.89. The first kappa shape index (κ1) is 28.1. The number of nitrogens with zero attached hydrogens (tertiary/aromatic N) is 1. The van der Waals surface area contributed by atoms with Crippen LogP contribution in [0.4, 0.5) is 0 Å². The third-order valence-corrected chi connectivity index (χ3v) is 5.42. The first-order valence-electron chi connectivity index (χ1n) is 10.7. The van der Waals surface area contributed by atoms with Crippen molar-refractivity contribution in [1.29, 1.82) is 0 Å². The maximum Gasteiger partial charge on any atom is 0.309 e. The van der Waals surface area contributed by atoms with Gasteiger partial charge in [-0.05, 0) is 25.1 Å². The summed E-state index contributed by atoms with van der Waals surface area (Å²) in [7, 11) is 1.37. The van der Waals surface area contributed by atoms with Crippen LogP contribution in [0.25, 0.3) is 0 Å². The lowest BCUT2D eigenvalue weighted by molar-refractivity contribution is -0.157. The Morgan fingerprint density at radius 2 is 1.86 bits per heavy atom. The molecule has 0 radical (unpaired) electrons. The number of halogens is 2. The van der Waals surface area contributed by atoms with Crippen LogP contribution in [-0.2, 0) is 14.3 Å². The van der Waals surface area contributed by atoms with Gasteiger partial charge in [-0.2, -0.15) is 0 Å². The molecule has 2 rings (SSSR count). The van der Waals surface area contributed by atoms with Crippen molar-refractivity contribution in [2.45, 2.75) is 45.8 Å². The van der Waals surface area contributed by atoms with Crippen LogP contribution in [0.5, 0.6) is 17.2 Å². The average Bonchev–Trinajstić information content (AvgIpc) is 2.80. The summed E-state index contributed by atoms with van der Waals surface area (Å²) >= 11 is 12.1. The van der Waals surface area contributed by atoms with Gasteiger partial charge < -0.3 is 18.9 Å². The van der Waals surface area contributed by atoms with Crippen LogP contribution >= 0.6 is 23.2 Å². The number of benzene rings is 1. The van der Waals surface area contributed by atoms with Crippen LogP contribution in [-0.4, -0.2) is 42.0 Å². The summed E-state index contributed by atoms with van der Waals surface area (Å²) in [5.74, 6) is -2.12. The van der Waals surface area contributed by atoms with Crippen molar-refractivity contribution in [3.8, 4) is 17.2 Å². The van der Waals surface area contributed by atoms with Crippen LogP contribution in [0.1, 0.15) is 44.1 Å². The van der Waals surface area contributed by atoms with Crippen molar-refractivity contribution in [1.82, 2.24) is 4.98 Å². The lowest BCUT2D eigenvalue weighted by Crippen LogP contribution is -2.35. The lowest BCUT2D eigenvalue weighted by atomic mass is 10.0. The van der Waals surface area contributed by atoms with Gasteiger partial charge in [0.1, 0.15) is 18.0 Å². The van der Waals surface area contributed by atoms with Crippen molar-refractivity contribution in [3.63, 3.8) is 0 Å². The number of Topliss-reactive ketones (excluding diaryl/α,β-unsaturated/α-hetero) is 1. The van der Waals surface area contributed by atoms with E-state index in [1.165, 1.54) is 26.3 Å². The zero-order valence-corrected chi connectivity index (χ0v) is 21.4. The Hall–Kier alpha value is -3.10. The molecule has 35 heavy (non-hydrogen) atoms. The minimum atomic E-state index is -0.820. The van der Waals surface area contributed by atoms with Crippen molar-refractivity contribution >= 4 is 40.9 Å². The third kappa shape index (κ3) is 7.97. The summed E-state index contributed by atoms with van der Waals surface area (Å²) in [4.78, 5) is 41.2. The number of ether oxygens (including phenoxy) is 4. The molecule has 0 bridgehead atoms. The van der Waals surface area contributed by atoms with Crippen LogP contribution in [0, 0.1) is 5.92 Å². The largest absolute Gasteiger partial charge is 0.493 e. The quantitative estimate of drug-likeness (QED) is 0.204. The molecule has 1 aromatic heterocycles. The summed E-state index contributed by atoms with van der Waals surface area (Å²) in [5, 5.41) is 0.784. The molecule has 0 aliphatic heterocycles. The van der Waals surface area contributed by atoms with Crippen molar-refractivity contribution in [3.05, 3.63) is 58.9 Å². The van der Waals surface area contributed by atoms with E-state index in [-0.39, 0.29) is 23.6 Å². The Labute approximate surface area is 214 Å². The molecule has 0 unspecified atom stereocenters. The molecule has 1 aromatic carbocycles. The van der Waals surface area contributed by atoms with Gasteiger partial charge in [0.15, 0.2) is 17.2 Å². The van der Waals surface area contributed by atoms with Gasteiger partial charge in [-0.1, -0.05) is 36.2 Å². The molecule has 0 saturated carbocycles. The molecule has 0 spiro atoms. The molecule has 0 aliphatic rings. The number of hydrogen-bond acceptors (Lipinski definition) is 8. The van der Waals surface area contributed by atoms with E-state index in [4.69, 9.17) is 42.1 Å². The van der Waals surface area contributed by atoms with E-state index in [1.807, 2.05) is 0 Å². The number of aromatic nitrogens is 1. The fraction of sp³-hybridized carbons (Fsp3) is 0.360. The number of ketones is 1. The maximum atomic E-state index is 12.9. The second-order valence-corrected chi connectivity index (χ2v) is 8.55.